The topological polar surface area (TPSA) is 47.1 Å². The largest absolute Gasteiger partial charge is 0.369 e. The number of nitrogens with two attached hydrogens (primary N) is 1. The fraction of sp³-hybridized carbons (Fsp3) is 0.462. The van der Waals surface area contributed by atoms with Gasteiger partial charge in [0.15, 0.2) is 0 Å². The van der Waals surface area contributed by atoms with Gasteiger partial charge in [0, 0.05) is 16.7 Å². The number of nitrogen functional groups attached to an aromatic ring is 1. The zero-order valence-electron chi connectivity index (χ0n) is 10.4. The molecule has 4 nitrogen and oxygen atoms in total. The summed E-state index contributed by atoms with van der Waals surface area (Å²) >= 11 is 2.30. The van der Waals surface area contributed by atoms with Crippen molar-refractivity contribution in [2.24, 2.45) is 5.92 Å². The Morgan fingerprint density at radius 2 is 2.33 bits per heavy atom. The molecule has 1 atom stereocenters. The molecule has 1 fully saturated rings. The van der Waals surface area contributed by atoms with Crippen molar-refractivity contribution in [3.8, 4) is 0 Å². The Kier molecular flexibility index (Phi) is 3.19. The van der Waals surface area contributed by atoms with Crippen LogP contribution in [0.5, 0.6) is 0 Å². The molecule has 2 heterocycles. The number of hydrogen-bond acceptors (Lipinski definition) is 3. The summed E-state index contributed by atoms with van der Waals surface area (Å²) in [7, 11) is 2.18. The molecular formula is C13H17IN4. The number of anilines is 1. The summed E-state index contributed by atoms with van der Waals surface area (Å²) in [6.07, 6.45) is 1.25. The van der Waals surface area contributed by atoms with Gasteiger partial charge in [-0.3, -0.25) is 0 Å². The van der Waals surface area contributed by atoms with Crippen molar-refractivity contribution < 1.29 is 0 Å². The summed E-state index contributed by atoms with van der Waals surface area (Å²) in [5, 5.41) is 0. The van der Waals surface area contributed by atoms with E-state index in [0.29, 0.717) is 11.9 Å². The smallest absolute Gasteiger partial charge is 0.201 e. The summed E-state index contributed by atoms with van der Waals surface area (Å²) in [4.78, 5) is 6.84. The van der Waals surface area contributed by atoms with E-state index >= 15 is 0 Å². The number of halogens is 1. The maximum Gasteiger partial charge on any atom is 0.201 e. The van der Waals surface area contributed by atoms with Crippen LogP contribution in [0, 0.1) is 9.49 Å². The highest BCUT2D eigenvalue weighted by Crippen LogP contribution is 2.24. The molecule has 0 spiro atoms. The van der Waals surface area contributed by atoms with Crippen LogP contribution in [-0.4, -0.2) is 34.6 Å². The third-order valence-electron chi connectivity index (χ3n) is 3.67. The SMILES string of the molecule is CN1CCC(Cn2c(N)nc3cc(I)ccc32)C1. The van der Waals surface area contributed by atoms with E-state index in [-0.39, 0.29) is 0 Å². The van der Waals surface area contributed by atoms with Crippen LogP contribution in [0.3, 0.4) is 0 Å². The summed E-state index contributed by atoms with van der Waals surface area (Å²) in [5.41, 5.74) is 8.21. The summed E-state index contributed by atoms with van der Waals surface area (Å²) in [5.74, 6) is 1.33. The number of likely N-dealkylation sites (tertiary alicyclic amines) is 1. The van der Waals surface area contributed by atoms with Gasteiger partial charge in [-0.15, -0.1) is 0 Å². The summed E-state index contributed by atoms with van der Waals surface area (Å²) < 4.78 is 3.36. The zero-order chi connectivity index (χ0) is 12.7. The van der Waals surface area contributed by atoms with E-state index in [2.05, 4.69) is 62.3 Å². The molecule has 1 aliphatic heterocycles. The van der Waals surface area contributed by atoms with Crippen LogP contribution in [0.25, 0.3) is 11.0 Å². The van der Waals surface area contributed by atoms with Crippen LogP contribution >= 0.6 is 22.6 Å². The van der Waals surface area contributed by atoms with Gasteiger partial charge in [0.25, 0.3) is 0 Å². The minimum absolute atomic E-state index is 0.640. The molecule has 3 rings (SSSR count). The second kappa shape index (κ2) is 4.70. The molecule has 1 unspecified atom stereocenters. The molecule has 0 aliphatic carbocycles. The average molecular weight is 356 g/mol. The minimum atomic E-state index is 0.640. The quantitative estimate of drug-likeness (QED) is 0.840. The normalized spacial score (nSPS) is 20.9. The van der Waals surface area contributed by atoms with Gasteiger partial charge in [0.05, 0.1) is 11.0 Å². The third-order valence-corrected chi connectivity index (χ3v) is 4.34. The van der Waals surface area contributed by atoms with Gasteiger partial charge in [-0.1, -0.05) is 0 Å². The van der Waals surface area contributed by atoms with Gasteiger partial charge in [-0.2, -0.15) is 0 Å². The maximum absolute atomic E-state index is 6.05. The fourth-order valence-corrected chi connectivity index (χ4v) is 3.22. The number of aromatic nitrogens is 2. The van der Waals surface area contributed by atoms with E-state index in [0.717, 1.165) is 24.1 Å². The van der Waals surface area contributed by atoms with Crippen molar-refractivity contribution in [2.75, 3.05) is 25.9 Å². The molecule has 1 aromatic heterocycles. The molecule has 5 heteroatoms. The molecule has 0 radical (unpaired) electrons. The Morgan fingerprint density at radius 3 is 3.06 bits per heavy atom. The van der Waals surface area contributed by atoms with Gasteiger partial charge >= 0.3 is 0 Å². The van der Waals surface area contributed by atoms with Crippen molar-refractivity contribution >= 4 is 39.6 Å². The first-order chi connectivity index (χ1) is 8.63. The molecule has 0 amide bonds. The first-order valence-corrected chi connectivity index (χ1v) is 7.31. The number of rotatable bonds is 2. The number of imidazole rings is 1. The first kappa shape index (κ1) is 12.2. The van der Waals surface area contributed by atoms with E-state index < -0.39 is 0 Å². The molecule has 1 aliphatic rings. The second-order valence-electron chi connectivity index (χ2n) is 5.13. The Morgan fingerprint density at radius 1 is 1.50 bits per heavy atom. The lowest BCUT2D eigenvalue weighted by atomic mass is 10.1. The van der Waals surface area contributed by atoms with Crippen molar-refractivity contribution in [3.63, 3.8) is 0 Å². The molecule has 0 saturated carbocycles. The Labute approximate surface area is 120 Å². The minimum Gasteiger partial charge on any atom is -0.369 e. The average Bonchev–Trinajstić information content (AvgIpc) is 2.84. The molecule has 96 valence electrons. The number of fused-ring (bicyclic) bond motifs is 1. The van der Waals surface area contributed by atoms with Gasteiger partial charge in [-0.25, -0.2) is 4.98 Å². The third kappa shape index (κ3) is 2.21. The highest BCUT2D eigenvalue weighted by atomic mass is 127. The Bertz CT molecular complexity index is 578. The van der Waals surface area contributed by atoms with Crippen LogP contribution in [-0.2, 0) is 6.54 Å². The van der Waals surface area contributed by atoms with E-state index in [1.165, 1.54) is 16.5 Å². The lowest BCUT2D eigenvalue weighted by Crippen LogP contribution is -2.17. The van der Waals surface area contributed by atoms with E-state index in [9.17, 15) is 0 Å². The van der Waals surface area contributed by atoms with Gasteiger partial charge in [0.2, 0.25) is 5.95 Å². The van der Waals surface area contributed by atoms with Crippen LogP contribution in [0.4, 0.5) is 5.95 Å². The van der Waals surface area contributed by atoms with Crippen LogP contribution < -0.4 is 5.73 Å². The van der Waals surface area contributed by atoms with Crippen molar-refractivity contribution in [2.45, 2.75) is 13.0 Å². The van der Waals surface area contributed by atoms with Crippen molar-refractivity contribution in [1.29, 1.82) is 0 Å². The van der Waals surface area contributed by atoms with Gasteiger partial charge < -0.3 is 15.2 Å². The van der Waals surface area contributed by atoms with Gasteiger partial charge in [0.1, 0.15) is 0 Å². The first-order valence-electron chi connectivity index (χ1n) is 6.23. The molecule has 18 heavy (non-hydrogen) atoms. The van der Waals surface area contributed by atoms with Crippen molar-refractivity contribution in [1.82, 2.24) is 14.5 Å². The predicted octanol–water partition coefficient (Wildman–Crippen LogP) is 2.17. The monoisotopic (exact) mass is 356 g/mol. The second-order valence-corrected chi connectivity index (χ2v) is 6.38. The lowest BCUT2D eigenvalue weighted by molar-refractivity contribution is 0.380. The standard InChI is InChI=1S/C13H17IN4/c1-17-5-4-9(7-17)8-18-12-3-2-10(14)6-11(12)16-13(18)15/h2-3,6,9H,4-5,7-8H2,1H3,(H2,15,16). The molecular weight excluding hydrogens is 339 g/mol. The van der Waals surface area contributed by atoms with Crippen LogP contribution in [0.2, 0.25) is 0 Å². The zero-order valence-corrected chi connectivity index (χ0v) is 12.6. The highest BCUT2D eigenvalue weighted by molar-refractivity contribution is 14.1. The Balaban J connectivity index is 1.93. The van der Waals surface area contributed by atoms with E-state index in [1.807, 2.05) is 0 Å². The highest BCUT2D eigenvalue weighted by Gasteiger charge is 2.21. The molecule has 0 bridgehead atoms. The van der Waals surface area contributed by atoms with E-state index in [1.54, 1.807) is 0 Å². The van der Waals surface area contributed by atoms with Crippen molar-refractivity contribution in [3.05, 3.63) is 21.8 Å². The predicted molar refractivity (Wildman–Crippen MR) is 82.5 cm³/mol. The summed E-state index contributed by atoms with van der Waals surface area (Å²) in [6, 6.07) is 6.32. The fourth-order valence-electron chi connectivity index (χ4n) is 2.75. The molecule has 2 aromatic rings. The maximum atomic E-state index is 6.05. The molecule has 1 aromatic carbocycles. The van der Waals surface area contributed by atoms with E-state index in [4.69, 9.17) is 5.73 Å². The number of nitrogens with zero attached hydrogens (tertiary/aromatic N) is 3. The Hall–Kier alpha value is -0.820. The molecule has 1 saturated heterocycles. The van der Waals surface area contributed by atoms with Crippen LogP contribution in [0.1, 0.15) is 6.42 Å². The molecule has 2 N–H and O–H groups in total. The number of hydrogen-bond donors (Lipinski definition) is 1. The lowest BCUT2D eigenvalue weighted by Gasteiger charge is -2.13. The van der Waals surface area contributed by atoms with Crippen LogP contribution in [0.15, 0.2) is 18.2 Å². The van der Waals surface area contributed by atoms with Gasteiger partial charge in [-0.05, 0) is 66.7 Å². The number of benzene rings is 1. The summed E-state index contributed by atoms with van der Waals surface area (Å²) in [6.45, 7) is 3.33.